The number of carbonyl (C=O) groups is 1. The minimum Gasteiger partial charge on any atom is -0.494 e. The summed E-state index contributed by atoms with van der Waals surface area (Å²) in [5.74, 6) is 0.833. The predicted molar refractivity (Wildman–Crippen MR) is 88.6 cm³/mol. The van der Waals surface area contributed by atoms with Crippen molar-refractivity contribution in [2.24, 2.45) is 0 Å². The average Bonchev–Trinajstić information content (AvgIpc) is 2.97. The van der Waals surface area contributed by atoms with E-state index in [2.05, 4.69) is 10.3 Å². The molecule has 0 bridgehead atoms. The number of rotatable bonds is 7. The van der Waals surface area contributed by atoms with Crippen molar-refractivity contribution in [1.29, 1.82) is 0 Å². The lowest BCUT2D eigenvalue weighted by molar-refractivity contribution is 0.160. The molecule has 2 aromatic rings. The molecule has 0 spiro atoms. The number of thiazole rings is 1. The molecule has 0 unspecified atom stereocenters. The number of hydrogen-bond acceptors (Lipinski definition) is 5. The zero-order chi connectivity index (χ0) is 15.8. The summed E-state index contributed by atoms with van der Waals surface area (Å²) in [6, 6.07) is 7.71. The topological polar surface area (TPSA) is 60.5 Å². The first kappa shape index (κ1) is 16.3. The van der Waals surface area contributed by atoms with Crippen LogP contribution in [0.4, 0.5) is 9.93 Å². The molecule has 0 aliphatic carbocycles. The summed E-state index contributed by atoms with van der Waals surface area (Å²) < 4.78 is 10.5. The van der Waals surface area contributed by atoms with Crippen LogP contribution in [0.3, 0.4) is 0 Å². The number of unbranched alkanes of at least 4 members (excludes halogenated alkanes) is 1. The molecular formula is C16H20N2O3S. The molecule has 5 nitrogen and oxygen atoms in total. The molecule has 0 aliphatic heterocycles. The highest BCUT2D eigenvalue weighted by molar-refractivity contribution is 7.14. The van der Waals surface area contributed by atoms with Gasteiger partial charge in [-0.15, -0.1) is 11.3 Å². The molecule has 0 aliphatic rings. The first-order chi connectivity index (χ1) is 10.7. The van der Waals surface area contributed by atoms with Crippen molar-refractivity contribution in [3.8, 4) is 17.0 Å². The van der Waals surface area contributed by atoms with Crippen LogP contribution >= 0.6 is 11.3 Å². The molecule has 0 radical (unpaired) electrons. The summed E-state index contributed by atoms with van der Waals surface area (Å²) in [5, 5.41) is 5.08. The first-order valence-electron chi connectivity index (χ1n) is 7.35. The third-order valence-corrected chi connectivity index (χ3v) is 3.66. The number of anilines is 1. The van der Waals surface area contributed by atoms with Crippen molar-refractivity contribution in [1.82, 2.24) is 4.98 Å². The van der Waals surface area contributed by atoms with E-state index >= 15 is 0 Å². The zero-order valence-electron chi connectivity index (χ0n) is 12.8. The van der Waals surface area contributed by atoms with Crippen LogP contribution in [-0.2, 0) is 4.74 Å². The van der Waals surface area contributed by atoms with Crippen LogP contribution in [-0.4, -0.2) is 24.3 Å². The number of hydrogen-bond donors (Lipinski definition) is 1. The summed E-state index contributed by atoms with van der Waals surface area (Å²) in [6.07, 6.45) is 1.40. The lowest BCUT2D eigenvalue weighted by Crippen LogP contribution is -2.14. The van der Waals surface area contributed by atoms with E-state index in [9.17, 15) is 4.79 Å². The molecule has 1 amide bonds. The van der Waals surface area contributed by atoms with Gasteiger partial charge in [0.2, 0.25) is 0 Å². The molecule has 1 aromatic heterocycles. The van der Waals surface area contributed by atoms with Gasteiger partial charge in [-0.3, -0.25) is 5.32 Å². The Balaban J connectivity index is 1.94. The van der Waals surface area contributed by atoms with Crippen molar-refractivity contribution < 1.29 is 14.3 Å². The van der Waals surface area contributed by atoms with Gasteiger partial charge in [-0.2, -0.15) is 0 Å². The maximum atomic E-state index is 11.6. The Morgan fingerprint density at radius 2 is 2.05 bits per heavy atom. The molecule has 1 N–H and O–H groups in total. The number of aromatic nitrogens is 1. The Morgan fingerprint density at radius 3 is 2.73 bits per heavy atom. The van der Waals surface area contributed by atoms with Gasteiger partial charge in [-0.05, 0) is 37.6 Å². The van der Waals surface area contributed by atoms with Crippen LogP contribution in [0.2, 0.25) is 0 Å². The molecule has 0 atom stereocenters. The highest BCUT2D eigenvalue weighted by atomic mass is 32.1. The molecule has 0 fully saturated rings. The molecule has 6 heteroatoms. The van der Waals surface area contributed by atoms with Crippen LogP contribution < -0.4 is 10.1 Å². The first-order valence-corrected chi connectivity index (χ1v) is 8.23. The van der Waals surface area contributed by atoms with Gasteiger partial charge in [0, 0.05) is 10.9 Å². The lowest BCUT2D eigenvalue weighted by atomic mass is 10.2. The van der Waals surface area contributed by atoms with Crippen molar-refractivity contribution >= 4 is 22.6 Å². The van der Waals surface area contributed by atoms with Crippen molar-refractivity contribution in [2.75, 3.05) is 18.5 Å². The summed E-state index contributed by atoms with van der Waals surface area (Å²) >= 11 is 1.37. The van der Waals surface area contributed by atoms with Crippen molar-refractivity contribution in [2.45, 2.75) is 26.7 Å². The van der Waals surface area contributed by atoms with Crippen molar-refractivity contribution in [3.63, 3.8) is 0 Å². The summed E-state index contributed by atoms with van der Waals surface area (Å²) in [6.45, 7) is 5.07. The molecular weight excluding hydrogens is 300 g/mol. The van der Waals surface area contributed by atoms with Gasteiger partial charge in [-0.1, -0.05) is 13.3 Å². The van der Waals surface area contributed by atoms with Crippen LogP contribution in [0.5, 0.6) is 5.75 Å². The van der Waals surface area contributed by atoms with Crippen LogP contribution in [0.15, 0.2) is 29.6 Å². The van der Waals surface area contributed by atoms with Gasteiger partial charge in [0.05, 0.1) is 18.9 Å². The Kier molecular flexibility index (Phi) is 6.21. The van der Waals surface area contributed by atoms with E-state index in [1.54, 1.807) is 0 Å². The highest BCUT2D eigenvalue weighted by Gasteiger charge is 2.08. The largest absolute Gasteiger partial charge is 0.494 e. The minimum absolute atomic E-state index is 0.430. The molecule has 118 valence electrons. The number of ether oxygens (including phenoxy) is 2. The van der Waals surface area contributed by atoms with E-state index in [0.29, 0.717) is 18.3 Å². The Bertz CT molecular complexity index is 596. The number of carbonyl (C=O) groups excluding carboxylic acids is 1. The SMILES string of the molecule is CCCCOC(=O)Nc1nc(-c2ccc(OCC)cc2)cs1. The van der Waals surface area contributed by atoms with E-state index in [4.69, 9.17) is 9.47 Å². The number of benzene rings is 1. The number of amides is 1. The Labute approximate surface area is 134 Å². The van der Waals surface area contributed by atoms with Crippen molar-refractivity contribution in [3.05, 3.63) is 29.6 Å². The molecule has 0 saturated carbocycles. The number of nitrogens with zero attached hydrogens (tertiary/aromatic N) is 1. The van der Waals surface area contributed by atoms with Crippen LogP contribution in [0, 0.1) is 0 Å². The van der Waals surface area contributed by atoms with E-state index in [1.165, 1.54) is 11.3 Å². The zero-order valence-corrected chi connectivity index (χ0v) is 13.6. The number of nitrogens with one attached hydrogen (secondary N) is 1. The minimum atomic E-state index is -0.457. The standard InChI is InChI=1S/C16H20N2O3S/c1-3-5-10-21-16(19)18-15-17-14(11-22-15)12-6-8-13(9-7-12)20-4-2/h6-9,11H,3-5,10H2,1-2H3,(H,17,18,19). The molecule has 1 aromatic carbocycles. The third-order valence-electron chi connectivity index (χ3n) is 2.91. The maximum Gasteiger partial charge on any atom is 0.413 e. The van der Waals surface area contributed by atoms with E-state index < -0.39 is 6.09 Å². The second-order valence-electron chi connectivity index (χ2n) is 4.61. The van der Waals surface area contributed by atoms with E-state index in [0.717, 1.165) is 29.8 Å². The third kappa shape index (κ3) is 4.73. The van der Waals surface area contributed by atoms with Gasteiger partial charge in [0.1, 0.15) is 5.75 Å². The van der Waals surface area contributed by atoms with Gasteiger partial charge >= 0.3 is 6.09 Å². The summed E-state index contributed by atoms with van der Waals surface area (Å²) in [5.41, 5.74) is 1.80. The highest BCUT2D eigenvalue weighted by Crippen LogP contribution is 2.26. The lowest BCUT2D eigenvalue weighted by Gasteiger charge is -2.04. The summed E-state index contributed by atoms with van der Waals surface area (Å²) in [4.78, 5) is 16.0. The van der Waals surface area contributed by atoms with Gasteiger partial charge in [0.25, 0.3) is 0 Å². The van der Waals surface area contributed by atoms with Crippen LogP contribution in [0.1, 0.15) is 26.7 Å². The predicted octanol–water partition coefficient (Wildman–Crippen LogP) is 4.56. The van der Waals surface area contributed by atoms with Gasteiger partial charge in [-0.25, -0.2) is 9.78 Å². The fourth-order valence-corrected chi connectivity index (χ4v) is 2.49. The fourth-order valence-electron chi connectivity index (χ4n) is 1.78. The second-order valence-corrected chi connectivity index (χ2v) is 5.47. The maximum absolute atomic E-state index is 11.6. The van der Waals surface area contributed by atoms with E-state index in [-0.39, 0.29) is 0 Å². The summed E-state index contributed by atoms with van der Waals surface area (Å²) in [7, 11) is 0. The molecule has 0 saturated heterocycles. The van der Waals surface area contributed by atoms with Crippen LogP contribution in [0.25, 0.3) is 11.3 Å². The van der Waals surface area contributed by atoms with Gasteiger partial charge in [0.15, 0.2) is 5.13 Å². The molecule has 1 heterocycles. The molecule has 22 heavy (non-hydrogen) atoms. The van der Waals surface area contributed by atoms with E-state index in [1.807, 2.05) is 43.5 Å². The normalized spacial score (nSPS) is 10.3. The average molecular weight is 320 g/mol. The quantitative estimate of drug-likeness (QED) is 0.760. The smallest absolute Gasteiger partial charge is 0.413 e. The second kappa shape index (κ2) is 8.38. The Morgan fingerprint density at radius 1 is 1.27 bits per heavy atom. The monoisotopic (exact) mass is 320 g/mol. The fraction of sp³-hybridized carbons (Fsp3) is 0.375. The Hall–Kier alpha value is -2.08. The van der Waals surface area contributed by atoms with Gasteiger partial charge < -0.3 is 9.47 Å². The molecule has 2 rings (SSSR count).